The first-order chi connectivity index (χ1) is 9.49. The van der Waals surface area contributed by atoms with Crippen molar-refractivity contribution >= 4 is 34.6 Å². The SMILES string of the molecule is Cn1ncc(NC(=S)Nc2ccccc2F)c1C(N)=O. The second-order valence-electron chi connectivity index (χ2n) is 3.95. The van der Waals surface area contributed by atoms with Crippen LogP contribution in [-0.2, 0) is 7.05 Å². The molecule has 4 N–H and O–H groups in total. The van der Waals surface area contributed by atoms with Gasteiger partial charge >= 0.3 is 0 Å². The molecule has 0 saturated carbocycles. The number of hydrogen-bond acceptors (Lipinski definition) is 3. The fraction of sp³-hybridized carbons (Fsp3) is 0.0833. The normalized spacial score (nSPS) is 10.1. The van der Waals surface area contributed by atoms with E-state index in [-0.39, 0.29) is 16.5 Å². The van der Waals surface area contributed by atoms with Gasteiger partial charge in [-0.05, 0) is 24.4 Å². The second kappa shape index (κ2) is 5.66. The lowest BCUT2D eigenvalue weighted by atomic mass is 10.3. The van der Waals surface area contributed by atoms with Gasteiger partial charge < -0.3 is 16.4 Å². The van der Waals surface area contributed by atoms with Crippen LogP contribution in [0.3, 0.4) is 0 Å². The number of carbonyl (C=O) groups excluding carboxylic acids is 1. The van der Waals surface area contributed by atoms with Gasteiger partial charge in [-0.25, -0.2) is 4.39 Å². The van der Waals surface area contributed by atoms with E-state index < -0.39 is 11.7 Å². The molecule has 1 amide bonds. The van der Waals surface area contributed by atoms with E-state index in [1.165, 1.54) is 16.9 Å². The Labute approximate surface area is 119 Å². The van der Waals surface area contributed by atoms with Gasteiger partial charge in [-0.1, -0.05) is 12.1 Å². The maximum Gasteiger partial charge on any atom is 0.269 e. The molecule has 0 bridgehead atoms. The summed E-state index contributed by atoms with van der Waals surface area (Å²) in [5.41, 5.74) is 6.02. The van der Waals surface area contributed by atoms with Crippen LogP contribution in [0.15, 0.2) is 30.5 Å². The van der Waals surface area contributed by atoms with Crippen LogP contribution in [0.5, 0.6) is 0 Å². The minimum absolute atomic E-state index is 0.130. The number of para-hydroxylation sites is 1. The van der Waals surface area contributed by atoms with E-state index in [4.69, 9.17) is 18.0 Å². The Hall–Kier alpha value is -2.48. The average molecular weight is 293 g/mol. The highest BCUT2D eigenvalue weighted by Gasteiger charge is 2.15. The monoisotopic (exact) mass is 293 g/mol. The summed E-state index contributed by atoms with van der Waals surface area (Å²) < 4.78 is 14.8. The highest BCUT2D eigenvalue weighted by Crippen LogP contribution is 2.16. The molecule has 0 spiro atoms. The Morgan fingerprint density at radius 2 is 2.00 bits per heavy atom. The third-order valence-electron chi connectivity index (χ3n) is 2.54. The molecular formula is C12H12FN5OS. The molecular weight excluding hydrogens is 281 g/mol. The Morgan fingerprint density at radius 1 is 1.35 bits per heavy atom. The number of thiocarbonyl (C=S) groups is 1. The lowest BCUT2D eigenvalue weighted by Gasteiger charge is -2.10. The summed E-state index contributed by atoms with van der Waals surface area (Å²) in [6, 6.07) is 6.10. The van der Waals surface area contributed by atoms with Gasteiger partial charge in [0.2, 0.25) is 0 Å². The van der Waals surface area contributed by atoms with Crippen LogP contribution in [0.2, 0.25) is 0 Å². The number of carbonyl (C=O) groups is 1. The van der Waals surface area contributed by atoms with Crippen LogP contribution in [0.25, 0.3) is 0 Å². The van der Waals surface area contributed by atoms with E-state index in [2.05, 4.69) is 15.7 Å². The van der Waals surface area contributed by atoms with Gasteiger partial charge in [-0.2, -0.15) is 5.10 Å². The lowest BCUT2D eigenvalue weighted by molar-refractivity contribution is 0.0992. The minimum Gasteiger partial charge on any atom is -0.364 e. The van der Waals surface area contributed by atoms with Crippen molar-refractivity contribution in [1.82, 2.24) is 9.78 Å². The first-order valence-corrected chi connectivity index (χ1v) is 6.04. The van der Waals surface area contributed by atoms with Crippen molar-refractivity contribution in [1.29, 1.82) is 0 Å². The summed E-state index contributed by atoms with van der Waals surface area (Å²) >= 11 is 5.06. The molecule has 6 nitrogen and oxygen atoms in total. The van der Waals surface area contributed by atoms with Crippen molar-refractivity contribution < 1.29 is 9.18 Å². The van der Waals surface area contributed by atoms with Crippen LogP contribution < -0.4 is 16.4 Å². The Bertz CT molecular complexity index is 670. The molecule has 0 radical (unpaired) electrons. The van der Waals surface area contributed by atoms with Crippen molar-refractivity contribution in [2.45, 2.75) is 0 Å². The summed E-state index contributed by atoms with van der Waals surface area (Å²) in [5, 5.41) is 9.49. The number of primary amides is 1. The number of nitrogens with zero attached hydrogens (tertiary/aromatic N) is 2. The molecule has 0 fully saturated rings. The molecule has 0 saturated heterocycles. The second-order valence-corrected chi connectivity index (χ2v) is 4.36. The van der Waals surface area contributed by atoms with Crippen LogP contribution in [0, 0.1) is 5.82 Å². The zero-order valence-corrected chi connectivity index (χ0v) is 11.4. The summed E-state index contributed by atoms with van der Waals surface area (Å²) in [4.78, 5) is 11.3. The fourth-order valence-corrected chi connectivity index (χ4v) is 1.88. The molecule has 0 atom stereocenters. The highest BCUT2D eigenvalue weighted by atomic mass is 32.1. The van der Waals surface area contributed by atoms with E-state index in [0.717, 1.165) is 0 Å². The molecule has 104 valence electrons. The van der Waals surface area contributed by atoms with Gasteiger partial charge in [-0.15, -0.1) is 0 Å². The van der Waals surface area contributed by atoms with Crippen LogP contribution in [0.4, 0.5) is 15.8 Å². The minimum atomic E-state index is -0.638. The van der Waals surface area contributed by atoms with E-state index in [1.807, 2.05) is 0 Å². The highest BCUT2D eigenvalue weighted by molar-refractivity contribution is 7.80. The maximum absolute atomic E-state index is 13.5. The Morgan fingerprint density at radius 3 is 2.65 bits per heavy atom. The molecule has 8 heteroatoms. The molecule has 0 aliphatic rings. The van der Waals surface area contributed by atoms with E-state index >= 15 is 0 Å². The van der Waals surface area contributed by atoms with Gasteiger partial charge in [-0.3, -0.25) is 9.48 Å². The number of nitrogens with two attached hydrogens (primary N) is 1. The van der Waals surface area contributed by atoms with E-state index in [1.54, 1.807) is 25.2 Å². The zero-order chi connectivity index (χ0) is 14.7. The van der Waals surface area contributed by atoms with Crippen LogP contribution >= 0.6 is 12.2 Å². The van der Waals surface area contributed by atoms with Crippen molar-refractivity contribution in [2.24, 2.45) is 12.8 Å². The molecule has 2 aromatic rings. The molecule has 20 heavy (non-hydrogen) atoms. The number of amides is 1. The molecule has 1 aromatic heterocycles. The number of aromatic nitrogens is 2. The summed E-state index contributed by atoms with van der Waals surface area (Å²) in [6.07, 6.45) is 1.41. The zero-order valence-electron chi connectivity index (χ0n) is 10.6. The maximum atomic E-state index is 13.5. The number of halogens is 1. The standard InChI is InChI=1S/C12H12FN5OS/c1-18-10(11(14)19)9(6-15-18)17-12(20)16-8-5-3-2-4-7(8)13/h2-6H,1H3,(H2,14,19)(H2,16,17,20). The number of rotatable bonds is 3. The van der Waals surface area contributed by atoms with E-state index in [9.17, 15) is 9.18 Å². The summed E-state index contributed by atoms with van der Waals surface area (Å²) in [6.45, 7) is 0. The molecule has 1 heterocycles. The fourth-order valence-electron chi connectivity index (χ4n) is 1.66. The summed E-state index contributed by atoms with van der Waals surface area (Å²) in [7, 11) is 1.58. The predicted molar refractivity (Wildman–Crippen MR) is 78.0 cm³/mol. The van der Waals surface area contributed by atoms with E-state index in [0.29, 0.717) is 5.69 Å². The molecule has 0 unspecified atom stereocenters. The smallest absolute Gasteiger partial charge is 0.269 e. The molecule has 1 aromatic carbocycles. The Kier molecular flexibility index (Phi) is 3.94. The number of aryl methyl sites for hydroxylation is 1. The van der Waals surface area contributed by atoms with Crippen molar-refractivity contribution in [2.75, 3.05) is 10.6 Å². The number of anilines is 2. The first-order valence-electron chi connectivity index (χ1n) is 5.63. The number of benzene rings is 1. The number of nitrogens with one attached hydrogen (secondary N) is 2. The van der Waals surface area contributed by atoms with Gasteiger partial charge in [0.25, 0.3) is 5.91 Å². The molecule has 0 aliphatic heterocycles. The third-order valence-corrected chi connectivity index (χ3v) is 2.75. The molecule has 0 aliphatic carbocycles. The van der Waals surface area contributed by atoms with Crippen LogP contribution in [-0.4, -0.2) is 20.8 Å². The van der Waals surface area contributed by atoms with Crippen molar-refractivity contribution in [3.63, 3.8) is 0 Å². The average Bonchev–Trinajstić information content (AvgIpc) is 2.73. The molecule has 2 rings (SSSR count). The topological polar surface area (TPSA) is 85.0 Å². The van der Waals surface area contributed by atoms with Gasteiger partial charge in [0, 0.05) is 7.05 Å². The van der Waals surface area contributed by atoms with Crippen molar-refractivity contribution in [3.05, 3.63) is 42.0 Å². The first kappa shape index (κ1) is 13.9. The summed E-state index contributed by atoms with van der Waals surface area (Å²) in [5.74, 6) is -1.07. The van der Waals surface area contributed by atoms with Crippen molar-refractivity contribution in [3.8, 4) is 0 Å². The van der Waals surface area contributed by atoms with Gasteiger partial charge in [0.05, 0.1) is 17.6 Å². The lowest BCUT2D eigenvalue weighted by Crippen LogP contribution is -2.23. The largest absolute Gasteiger partial charge is 0.364 e. The van der Waals surface area contributed by atoms with Gasteiger partial charge in [0.15, 0.2) is 5.11 Å². The quantitative estimate of drug-likeness (QED) is 0.746. The van der Waals surface area contributed by atoms with Crippen LogP contribution in [0.1, 0.15) is 10.5 Å². The number of hydrogen-bond donors (Lipinski definition) is 3. The Balaban J connectivity index is 2.13. The third kappa shape index (κ3) is 2.91. The van der Waals surface area contributed by atoms with Gasteiger partial charge in [0.1, 0.15) is 11.5 Å². The predicted octanol–water partition coefficient (Wildman–Crippen LogP) is 1.47.